The Morgan fingerprint density at radius 1 is 0.850 bits per heavy atom. The second kappa shape index (κ2) is 5.10. The summed E-state index contributed by atoms with van der Waals surface area (Å²) < 4.78 is 0. The molecule has 2 rings (SSSR count). The molecule has 0 heterocycles. The average molecular weight is 270 g/mol. The Labute approximate surface area is 118 Å². The lowest BCUT2D eigenvalue weighted by atomic mass is 9.66. The first-order chi connectivity index (χ1) is 9.40. The minimum Gasteiger partial charge on any atom is -0.480 e. The Bertz CT molecular complexity index is 590. The second-order valence-electron chi connectivity index (χ2n) is 5.23. The van der Waals surface area contributed by atoms with Gasteiger partial charge in [0.15, 0.2) is 0 Å². The van der Waals surface area contributed by atoms with E-state index >= 15 is 0 Å². The zero-order valence-corrected chi connectivity index (χ0v) is 11.6. The van der Waals surface area contributed by atoms with Crippen LogP contribution in [0.5, 0.6) is 0 Å². The third-order valence-electron chi connectivity index (χ3n) is 4.09. The minimum absolute atomic E-state index is 0.571. The Kier molecular flexibility index (Phi) is 3.64. The van der Waals surface area contributed by atoms with Crippen LogP contribution in [-0.4, -0.2) is 16.2 Å². The van der Waals surface area contributed by atoms with E-state index in [-0.39, 0.29) is 0 Å². The highest BCUT2D eigenvalue weighted by molar-refractivity contribution is 5.83. The van der Waals surface area contributed by atoms with E-state index in [9.17, 15) is 15.0 Å². The van der Waals surface area contributed by atoms with Gasteiger partial charge in [-0.2, -0.15) is 0 Å². The highest BCUT2D eigenvalue weighted by Gasteiger charge is 2.51. The van der Waals surface area contributed by atoms with E-state index in [0.29, 0.717) is 11.1 Å². The van der Waals surface area contributed by atoms with Crippen LogP contribution in [-0.2, 0) is 15.8 Å². The van der Waals surface area contributed by atoms with Crippen LogP contribution in [0.2, 0.25) is 0 Å². The second-order valence-corrected chi connectivity index (χ2v) is 5.23. The van der Waals surface area contributed by atoms with Gasteiger partial charge in [-0.05, 0) is 25.0 Å². The highest BCUT2D eigenvalue weighted by atomic mass is 16.4. The number of hydrogen-bond acceptors (Lipinski definition) is 2. The lowest BCUT2D eigenvalue weighted by Crippen LogP contribution is -2.50. The molecule has 20 heavy (non-hydrogen) atoms. The SMILES string of the molecule is C[C@](O)(c1ccccc1)[C@@](C)(C(=O)O)c1ccccc1. The van der Waals surface area contributed by atoms with E-state index in [1.165, 1.54) is 0 Å². The van der Waals surface area contributed by atoms with Crippen molar-refractivity contribution in [2.75, 3.05) is 0 Å². The summed E-state index contributed by atoms with van der Waals surface area (Å²) in [6.07, 6.45) is 0. The number of carboxylic acids is 1. The molecule has 0 spiro atoms. The summed E-state index contributed by atoms with van der Waals surface area (Å²) in [5.41, 5.74) is -1.81. The highest BCUT2D eigenvalue weighted by Crippen LogP contribution is 2.42. The van der Waals surface area contributed by atoms with Gasteiger partial charge in [-0.25, -0.2) is 0 Å². The molecule has 0 bridgehead atoms. The number of benzene rings is 2. The Morgan fingerprint density at radius 3 is 1.65 bits per heavy atom. The van der Waals surface area contributed by atoms with Crippen LogP contribution in [0.4, 0.5) is 0 Å². The molecule has 2 N–H and O–H groups in total. The molecule has 0 radical (unpaired) electrons. The van der Waals surface area contributed by atoms with Crippen molar-refractivity contribution in [2.45, 2.75) is 24.9 Å². The van der Waals surface area contributed by atoms with Gasteiger partial charge in [-0.15, -0.1) is 0 Å². The minimum atomic E-state index is -1.53. The fraction of sp³-hybridized carbons (Fsp3) is 0.235. The summed E-state index contributed by atoms with van der Waals surface area (Å²) in [5, 5.41) is 20.7. The van der Waals surface area contributed by atoms with Gasteiger partial charge < -0.3 is 10.2 Å². The molecule has 2 atom stereocenters. The first kappa shape index (κ1) is 14.3. The predicted molar refractivity (Wildman–Crippen MR) is 77.4 cm³/mol. The normalized spacial score (nSPS) is 16.9. The van der Waals surface area contributed by atoms with Crippen molar-refractivity contribution in [2.24, 2.45) is 0 Å². The third kappa shape index (κ3) is 2.10. The van der Waals surface area contributed by atoms with Crippen molar-refractivity contribution < 1.29 is 15.0 Å². The molecule has 0 amide bonds. The summed E-state index contributed by atoms with van der Waals surface area (Å²) in [6, 6.07) is 17.7. The molecular formula is C17H18O3. The molecule has 0 saturated heterocycles. The van der Waals surface area contributed by atoms with E-state index in [1.54, 1.807) is 62.4 Å². The Morgan fingerprint density at radius 2 is 1.25 bits per heavy atom. The largest absolute Gasteiger partial charge is 0.480 e. The molecule has 0 aliphatic heterocycles. The lowest BCUT2D eigenvalue weighted by Gasteiger charge is -2.40. The molecule has 0 aliphatic rings. The molecule has 0 aliphatic carbocycles. The molecule has 0 saturated carbocycles. The number of aliphatic hydroxyl groups is 1. The Hall–Kier alpha value is -2.13. The van der Waals surface area contributed by atoms with Gasteiger partial charge in [0.2, 0.25) is 0 Å². The monoisotopic (exact) mass is 270 g/mol. The van der Waals surface area contributed by atoms with Gasteiger partial charge in [0.05, 0.1) is 0 Å². The number of rotatable bonds is 4. The van der Waals surface area contributed by atoms with Crippen molar-refractivity contribution in [1.29, 1.82) is 0 Å². The van der Waals surface area contributed by atoms with Crippen molar-refractivity contribution in [3.05, 3.63) is 71.8 Å². The predicted octanol–water partition coefficient (Wildman–Crippen LogP) is 2.94. The molecule has 0 fully saturated rings. The van der Waals surface area contributed by atoms with Crippen molar-refractivity contribution in [3.63, 3.8) is 0 Å². The van der Waals surface area contributed by atoms with Crippen LogP contribution < -0.4 is 0 Å². The van der Waals surface area contributed by atoms with Crippen LogP contribution in [0.1, 0.15) is 25.0 Å². The van der Waals surface area contributed by atoms with E-state index in [2.05, 4.69) is 0 Å². The number of aliphatic carboxylic acids is 1. The smallest absolute Gasteiger partial charge is 0.317 e. The first-order valence-corrected chi connectivity index (χ1v) is 6.47. The summed E-state index contributed by atoms with van der Waals surface area (Å²) >= 11 is 0. The van der Waals surface area contributed by atoms with E-state index in [0.717, 1.165) is 0 Å². The van der Waals surface area contributed by atoms with Gasteiger partial charge >= 0.3 is 5.97 Å². The summed E-state index contributed by atoms with van der Waals surface area (Å²) in [4.78, 5) is 11.9. The summed E-state index contributed by atoms with van der Waals surface area (Å²) in [5.74, 6) is -1.06. The van der Waals surface area contributed by atoms with Gasteiger partial charge in [0.25, 0.3) is 0 Å². The van der Waals surface area contributed by atoms with Crippen LogP contribution in [0.3, 0.4) is 0 Å². The number of hydrogen-bond donors (Lipinski definition) is 2. The molecule has 3 nitrogen and oxygen atoms in total. The fourth-order valence-electron chi connectivity index (χ4n) is 2.44. The third-order valence-corrected chi connectivity index (χ3v) is 4.09. The van der Waals surface area contributed by atoms with Gasteiger partial charge in [-0.1, -0.05) is 60.7 Å². The quantitative estimate of drug-likeness (QED) is 0.898. The molecule has 104 valence electrons. The summed E-state index contributed by atoms with van der Waals surface area (Å²) in [6.45, 7) is 3.10. The molecule has 2 aromatic rings. The Balaban J connectivity index is 2.62. The molecule has 3 heteroatoms. The summed E-state index contributed by atoms with van der Waals surface area (Å²) in [7, 11) is 0. The lowest BCUT2D eigenvalue weighted by molar-refractivity contribution is -0.155. The number of carbonyl (C=O) groups is 1. The average Bonchev–Trinajstić information content (AvgIpc) is 2.47. The fourth-order valence-corrected chi connectivity index (χ4v) is 2.44. The maximum absolute atomic E-state index is 11.9. The van der Waals surface area contributed by atoms with E-state index in [4.69, 9.17) is 0 Å². The number of carboxylic acid groups (broad SMARTS) is 1. The van der Waals surface area contributed by atoms with Crippen LogP contribution >= 0.6 is 0 Å². The zero-order valence-electron chi connectivity index (χ0n) is 11.6. The molecule has 0 aromatic heterocycles. The molecule has 2 aromatic carbocycles. The first-order valence-electron chi connectivity index (χ1n) is 6.47. The van der Waals surface area contributed by atoms with Gasteiger partial charge in [0, 0.05) is 0 Å². The van der Waals surface area contributed by atoms with Crippen molar-refractivity contribution >= 4 is 5.97 Å². The van der Waals surface area contributed by atoms with E-state index < -0.39 is 17.0 Å². The van der Waals surface area contributed by atoms with Crippen molar-refractivity contribution in [3.8, 4) is 0 Å². The standard InChI is InChI=1S/C17H18O3/c1-16(15(18)19,13-9-5-3-6-10-13)17(2,20)14-11-7-4-8-12-14/h3-12,20H,1-2H3,(H,18,19)/t16-,17+/m1/s1. The zero-order chi connectivity index (χ0) is 14.8. The van der Waals surface area contributed by atoms with Gasteiger partial charge in [-0.3, -0.25) is 4.79 Å². The maximum Gasteiger partial charge on any atom is 0.317 e. The maximum atomic E-state index is 11.9. The topological polar surface area (TPSA) is 57.5 Å². The van der Waals surface area contributed by atoms with Crippen molar-refractivity contribution in [1.82, 2.24) is 0 Å². The van der Waals surface area contributed by atoms with Crippen LogP contribution in [0.15, 0.2) is 60.7 Å². The van der Waals surface area contributed by atoms with E-state index in [1.807, 2.05) is 12.1 Å². The van der Waals surface area contributed by atoms with Gasteiger partial charge in [0.1, 0.15) is 11.0 Å². The molecule has 0 unspecified atom stereocenters. The molecular weight excluding hydrogens is 252 g/mol. The van der Waals surface area contributed by atoms with Crippen LogP contribution in [0, 0.1) is 0 Å². The van der Waals surface area contributed by atoms with Crippen LogP contribution in [0.25, 0.3) is 0 Å².